The summed E-state index contributed by atoms with van der Waals surface area (Å²) in [5, 5.41) is 2.45. The molecule has 2 atom stereocenters. The summed E-state index contributed by atoms with van der Waals surface area (Å²) < 4.78 is 33.2. The van der Waals surface area contributed by atoms with Crippen LogP contribution in [0.1, 0.15) is 200 Å². The minimum atomic E-state index is -4.89. The summed E-state index contributed by atoms with van der Waals surface area (Å²) >= 11 is 0. The van der Waals surface area contributed by atoms with Gasteiger partial charge in [0.05, 0.1) is 13.2 Å². The Hall–Kier alpha value is -1.86. The molecule has 1 aliphatic heterocycles. The Balaban J connectivity index is 0.0000360. The number of unbranched alkanes of at least 4 members (excludes halogenated alkanes) is 23. The minimum Gasteiger partial charge on any atom is -0.756 e. The molecule has 0 saturated heterocycles. The summed E-state index contributed by atoms with van der Waals surface area (Å²) in [7, 11) is -4.89. The van der Waals surface area contributed by atoms with E-state index in [0.29, 0.717) is 12.8 Å². The van der Waals surface area contributed by atoms with E-state index in [1.165, 1.54) is 96.3 Å². The molecule has 13 nitrogen and oxygen atoms in total. The van der Waals surface area contributed by atoms with Gasteiger partial charge in [-0.2, -0.15) is 0 Å². The van der Waals surface area contributed by atoms with Crippen molar-refractivity contribution in [1.29, 1.82) is 0 Å². The molecule has 346 valence electrons. The summed E-state index contributed by atoms with van der Waals surface area (Å²) in [6.07, 6.45) is 36.0. The number of nitrogens with zero attached hydrogens (tertiary/aromatic N) is 1. The van der Waals surface area contributed by atoms with Crippen LogP contribution < -0.4 is 39.8 Å². The number of imide groups is 1. The Kier molecular flexibility index (Phi) is 39.6. The van der Waals surface area contributed by atoms with Crippen LogP contribution in [0, 0.1) is 0 Å². The van der Waals surface area contributed by atoms with Crippen LogP contribution in [0.15, 0.2) is 24.3 Å². The van der Waals surface area contributed by atoms with Crippen LogP contribution >= 0.6 is 7.82 Å². The zero-order chi connectivity index (χ0) is 43.9. The number of esters is 2. The Bertz CT molecular complexity index is 1260. The number of phosphoric ester groups is 1. The maximum absolute atomic E-state index is 12.7. The fraction of sp³-hybridized carbons (Fsp3) is 0.804. The second kappa shape index (κ2) is 40.9. The molecule has 3 amide bonds. The van der Waals surface area contributed by atoms with Crippen LogP contribution in [-0.4, -0.2) is 73.6 Å². The van der Waals surface area contributed by atoms with Gasteiger partial charge in [-0.25, -0.2) is 0 Å². The van der Waals surface area contributed by atoms with E-state index in [-0.39, 0.29) is 68.5 Å². The molecule has 0 aliphatic carbocycles. The molecule has 0 radical (unpaired) electrons. The van der Waals surface area contributed by atoms with Crippen LogP contribution in [0.3, 0.4) is 0 Å². The van der Waals surface area contributed by atoms with Gasteiger partial charge < -0.3 is 28.7 Å². The average Bonchev–Trinajstić information content (AvgIpc) is 3.55. The molecule has 0 bridgehead atoms. The van der Waals surface area contributed by atoms with Gasteiger partial charge in [0.15, 0.2) is 6.10 Å². The first-order valence-electron chi connectivity index (χ1n) is 23.5. The van der Waals surface area contributed by atoms with Gasteiger partial charge in [-0.3, -0.25) is 33.4 Å². The molecule has 1 unspecified atom stereocenters. The number of hydrogen-bond acceptors (Lipinski definition) is 11. The van der Waals surface area contributed by atoms with Gasteiger partial charge in [-0.15, -0.1) is 0 Å². The third kappa shape index (κ3) is 36.2. The van der Waals surface area contributed by atoms with Crippen LogP contribution in [0.25, 0.3) is 0 Å². The van der Waals surface area contributed by atoms with E-state index in [4.69, 9.17) is 18.5 Å². The fourth-order valence-corrected chi connectivity index (χ4v) is 7.50. The Labute approximate surface area is 390 Å². The first-order valence-corrected chi connectivity index (χ1v) is 24.9. The third-order valence-corrected chi connectivity index (χ3v) is 11.4. The van der Waals surface area contributed by atoms with Crippen LogP contribution in [-0.2, 0) is 47.1 Å². The number of carbonyl (C=O) groups excluding carboxylic acids is 5. The predicted octanol–water partition coefficient (Wildman–Crippen LogP) is 6.90. The molecular formula is C46H80N2NaO11P. The Morgan fingerprint density at radius 2 is 1.08 bits per heavy atom. The Morgan fingerprint density at radius 3 is 1.57 bits per heavy atom. The number of carbonyl (C=O) groups is 5. The molecule has 1 N–H and O–H groups in total. The molecule has 1 heterocycles. The molecule has 0 spiro atoms. The van der Waals surface area contributed by atoms with Gasteiger partial charge in [0.2, 0.25) is 5.91 Å². The van der Waals surface area contributed by atoms with Gasteiger partial charge in [-0.1, -0.05) is 154 Å². The number of phosphoric acid groups is 1. The van der Waals surface area contributed by atoms with Crippen LogP contribution in [0.5, 0.6) is 0 Å². The molecule has 0 aromatic rings. The molecular weight excluding hydrogens is 810 g/mol. The molecule has 0 saturated carbocycles. The predicted molar refractivity (Wildman–Crippen MR) is 234 cm³/mol. The van der Waals surface area contributed by atoms with Crippen molar-refractivity contribution >= 4 is 37.5 Å². The van der Waals surface area contributed by atoms with E-state index < -0.39 is 56.8 Å². The number of amides is 3. The van der Waals surface area contributed by atoms with Gasteiger partial charge in [0.1, 0.15) is 6.61 Å². The van der Waals surface area contributed by atoms with E-state index in [0.717, 1.165) is 74.8 Å². The van der Waals surface area contributed by atoms with E-state index in [9.17, 15) is 33.4 Å². The summed E-state index contributed by atoms with van der Waals surface area (Å²) in [5.74, 6) is -2.50. The van der Waals surface area contributed by atoms with Gasteiger partial charge in [0, 0.05) is 44.5 Å². The van der Waals surface area contributed by atoms with E-state index in [1.807, 2.05) is 0 Å². The van der Waals surface area contributed by atoms with Crippen molar-refractivity contribution < 1.29 is 81.5 Å². The van der Waals surface area contributed by atoms with E-state index in [2.05, 4.69) is 31.3 Å². The maximum Gasteiger partial charge on any atom is 1.00 e. The smallest absolute Gasteiger partial charge is 0.756 e. The minimum absolute atomic E-state index is 0. The van der Waals surface area contributed by atoms with Crippen molar-refractivity contribution in [2.75, 3.05) is 32.9 Å². The molecule has 61 heavy (non-hydrogen) atoms. The summed E-state index contributed by atoms with van der Waals surface area (Å²) in [4.78, 5) is 74.0. The summed E-state index contributed by atoms with van der Waals surface area (Å²) in [6.45, 7) is 2.77. The monoisotopic (exact) mass is 891 g/mol. The van der Waals surface area contributed by atoms with E-state index >= 15 is 0 Å². The Morgan fingerprint density at radius 1 is 0.639 bits per heavy atom. The number of nitrogens with one attached hydrogen (secondary N) is 1. The quantitative estimate of drug-likeness (QED) is 0.0169. The molecule has 1 rings (SSSR count). The number of ether oxygens (including phenoxy) is 2. The number of hydrogen-bond donors (Lipinski definition) is 1. The SMILES string of the molecule is CCCCCCCC/C=C\CCCCCCCC(=O)O[C@H](COC(=O)CCCCCCCCCCCCCCC)COP(=O)([O-])OCCNC(=O)CCN1C(=O)C=CC1=O.[Na+]. The normalized spacial score (nSPS) is 14.0. The molecule has 0 aromatic heterocycles. The van der Waals surface area contributed by atoms with Crippen molar-refractivity contribution in [3.05, 3.63) is 24.3 Å². The van der Waals surface area contributed by atoms with Crippen molar-refractivity contribution in [1.82, 2.24) is 10.2 Å². The van der Waals surface area contributed by atoms with E-state index in [1.54, 1.807) is 0 Å². The fourth-order valence-electron chi connectivity index (χ4n) is 6.76. The summed E-state index contributed by atoms with van der Waals surface area (Å²) in [5.41, 5.74) is 0. The van der Waals surface area contributed by atoms with Gasteiger partial charge in [-0.05, 0) is 38.5 Å². The largest absolute Gasteiger partial charge is 1.00 e. The zero-order valence-electron chi connectivity index (χ0n) is 38.3. The van der Waals surface area contributed by atoms with Crippen LogP contribution in [0.2, 0.25) is 0 Å². The van der Waals surface area contributed by atoms with Crippen molar-refractivity contribution in [3.8, 4) is 0 Å². The summed E-state index contributed by atoms with van der Waals surface area (Å²) in [6, 6.07) is 0. The third-order valence-electron chi connectivity index (χ3n) is 10.4. The van der Waals surface area contributed by atoms with Gasteiger partial charge >= 0.3 is 41.5 Å². The zero-order valence-corrected chi connectivity index (χ0v) is 41.2. The second-order valence-electron chi connectivity index (χ2n) is 16.0. The van der Waals surface area contributed by atoms with Crippen molar-refractivity contribution in [3.63, 3.8) is 0 Å². The molecule has 0 aromatic carbocycles. The average molecular weight is 891 g/mol. The van der Waals surface area contributed by atoms with Crippen molar-refractivity contribution in [2.45, 2.75) is 206 Å². The number of allylic oxidation sites excluding steroid dienone is 2. The van der Waals surface area contributed by atoms with Crippen LogP contribution in [0.4, 0.5) is 0 Å². The number of rotatable bonds is 42. The first-order chi connectivity index (χ1) is 29.1. The topological polar surface area (TPSA) is 178 Å². The molecule has 0 fully saturated rings. The first kappa shape index (κ1) is 59.1. The molecule has 15 heteroatoms. The maximum atomic E-state index is 12.7. The standard InChI is InChI=1S/C46H81N2O11P.Na/c1-3-5-7-9-11-13-15-17-18-20-22-24-26-28-30-32-46(53)59-41(39-56-45(52)31-29-27-25-23-21-19-16-14-12-10-8-6-4-2)40-58-60(54,55)57-38-36-47-42(49)35-37-48-43(50)33-34-44(48)51;/h17-18,33-34,41H,3-16,19-32,35-40H2,1-2H3,(H,47,49)(H,54,55);/q;+1/p-1/b18-17-;/t41-;/m1./s1. The van der Waals surface area contributed by atoms with Crippen molar-refractivity contribution in [2.24, 2.45) is 0 Å². The van der Waals surface area contributed by atoms with Gasteiger partial charge in [0.25, 0.3) is 19.6 Å². The molecule has 1 aliphatic rings. The second-order valence-corrected chi connectivity index (χ2v) is 17.4.